The van der Waals surface area contributed by atoms with Gasteiger partial charge in [0.05, 0.1) is 16.8 Å². The SMILES string of the molecule is c1ccc2sc(CN3CCC(CNC4CC4)CC3)nc2c1. The second kappa shape index (κ2) is 6.03. The van der Waals surface area contributed by atoms with E-state index < -0.39 is 0 Å². The third-order valence-electron chi connectivity index (χ3n) is 4.68. The zero-order chi connectivity index (χ0) is 14.1. The van der Waals surface area contributed by atoms with Crippen LogP contribution in [0.4, 0.5) is 0 Å². The molecule has 2 aliphatic rings. The number of hydrogen-bond acceptors (Lipinski definition) is 4. The van der Waals surface area contributed by atoms with Crippen LogP contribution in [0, 0.1) is 5.92 Å². The van der Waals surface area contributed by atoms with E-state index in [4.69, 9.17) is 4.98 Å². The molecule has 4 heteroatoms. The number of rotatable bonds is 5. The first-order valence-electron chi connectivity index (χ1n) is 8.17. The number of benzene rings is 1. The summed E-state index contributed by atoms with van der Waals surface area (Å²) in [6.07, 6.45) is 5.47. The Morgan fingerprint density at radius 3 is 2.71 bits per heavy atom. The Labute approximate surface area is 130 Å². The fourth-order valence-electron chi connectivity index (χ4n) is 3.15. The minimum absolute atomic E-state index is 0.853. The molecule has 0 amide bonds. The Hall–Kier alpha value is -0.970. The van der Waals surface area contributed by atoms with Crippen molar-refractivity contribution in [2.75, 3.05) is 19.6 Å². The number of fused-ring (bicyclic) bond motifs is 1. The second-order valence-corrected chi connectivity index (χ2v) is 7.59. The lowest BCUT2D eigenvalue weighted by Crippen LogP contribution is -2.37. The van der Waals surface area contributed by atoms with Gasteiger partial charge in [-0.1, -0.05) is 12.1 Å². The predicted octanol–water partition coefficient (Wildman–Crippen LogP) is 3.26. The van der Waals surface area contributed by atoms with Gasteiger partial charge < -0.3 is 5.32 Å². The summed E-state index contributed by atoms with van der Waals surface area (Å²) in [6, 6.07) is 9.32. The topological polar surface area (TPSA) is 28.2 Å². The highest BCUT2D eigenvalue weighted by Crippen LogP contribution is 2.25. The van der Waals surface area contributed by atoms with E-state index in [9.17, 15) is 0 Å². The maximum Gasteiger partial charge on any atom is 0.108 e. The van der Waals surface area contributed by atoms with Crippen molar-refractivity contribution in [3.63, 3.8) is 0 Å². The molecule has 3 nitrogen and oxygen atoms in total. The van der Waals surface area contributed by atoms with Crippen molar-refractivity contribution < 1.29 is 0 Å². The number of hydrogen-bond donors (Lipinski definition) is 1. The summed E-state index contributed by atoms with van der Waals surface area (Å²) in [5.74, 6) is 0.886. The molecular formula is C17H23N3S. The Balaban J connectivity index is 1.29. The summed E-state index contributed by atoms with van der Waals surface area (Å²) in [7, 11) is 0. The third-order valence-corrected chi connectivity index (χ3v) is 5.70. The fraction of sp³-hybridized carbons (Fsp3) is 0.588. The maximum absolute atomic E-state index is 4.76. The molecule has 2 fully saturated rings. The maximum atomic E-state index is 4.76. The van der Waals surface area contributed by atoms with Gasteiger partial charge in [0, 0.05) is 6.04 Å². The molecule has 1 aliphatic carbocycles. The first kappa shape index (κ1) is 13.7. The molecule has 4 rings (SSSR count). The molecule has 1 saturated carbocycles. The van der Waals surface area contributed by atoms with Crippen LogP contribution >= 0.6 is 11.3 Å². The average molecular weight is 301 g/mol. The van der Waals surface area contributed by atoms with Crippen molar-refractivity contribution in [2.24, 2.45) is 5.92 Å². The van der Waals surface area contributed by atoms with E-state index in [-0.39, 0.29) is 0 Å². The van der Waals surface area contributed by atoms with Gasteiger partial charge in [-0.05, 0) is 63.4 Å². The smallest absolute Gasteiger partial charge is 0.108 e. The third kappa shape index (κ3) is 3.44. The quantitative estimate of drug-likeness (QED) is 0.919. The van der Waals surface area contributed by atoms with Crippen molar-refractivity contribution in [3.05, 3.63) is 29.3 Å². The minimum Gasteiger partial charge on any atom is -0.314 e. The lowest BCUT2D eigenvalue weighted by Gasteiger charge is -2.31. The van der Waals surface area contributed by atoms with E-state index in [1.807, 2.05) is 11.3 Å². The largest absolute Gasteiger partial charge is 0.314 e. The number of nitrogens with one attached hydrogen (secondary N) is 1. The Kier molecular flexibility index (Phi) is 3.93. The molecule has 0 spiro atoms. The summed E-state index contributed by atoms with van der Waals surface area (Å²) in [5, 5.41) is 4.95. The molecule has 2 heterocycles. The normalized spacial score (nSPS) is 21.1. The Bertz CT molecular complexity index is 564. The van der Waals surface area contributed by atoms with Crippen molar-refractivity contribution in [1.82, 2.24) is 15.2 Å². The predicted molar refractivity (Wildman–Crippen MR) is 88.6 cm³/mol. The molecule has 0 atom stereocenters. The van der Waals surface area contributed by atoms with Crippen molar-refractivity contribution >= 4 is 21.6 Å². The van der Waals surface area contributed by atoms with E-state index in [0.717, 1.165) is 24.0 Å². The van der Waals surface area contributed by atoms with Gasteiger partial charge in [-0.2, -0.15) is 0 Å². The summed E-state index contributed by atoms with van der Waals surface area (Å²) in [4.78, 5) is 7.33. The molecule has 1 aromatic carbocycles. The fourth-order valence-corrected chi connectivity index (χ4v) is 4.16. The number of aromatic nitrogens is 1. The number of thiazole rings is 1. The molecule has 0 bridgehead atoms. The zero-order valence-electron chi connectivity index (χ0n) is 12.4. The summed E-state index contributed by atoms with van der Waals surface area (Å²) >= 11 is 1.85. The lowest BCUT2D eigenvalue weighted by atomic mass is 9.97. The Morgan fingerprint density at radius 2 is 1.95 bits per heavy atom. The molecule has 1 aromatic heterocycles. The highest BCUT2D eigenvalue weighted by atomic mass is 32.1. The standard InChI is InChI=1S/C17H23N3S/c1-2-4-16-15(3-1)19-17(21-16)12-20-9-7-13(8-10-20)11-18-14-5-6-14/h1-4,13-14,18H,5-12H2. The highest BCUT2D eigenvalue weighted by Gasteiger charge is 2.24. The lowest BCUT2D eigenvalue weighted by molar-refractivity contribution is 0.175. The van der Waals surface area contributed by atoms with Crippen LogP contribution in [-0.4, -0.2) is 35.6 Å². The molecule has 2 aromatic rings. The van der Waals surface area contributed by atoms with Crippen LogP contribution in [0.3, 0.4) is 0 Å². The van der Waals surface area contributed by atoms with Crippen molar-refractivity contribution in [2.45, 2.75) is 38.3 Å². The highest BCUT2D eigenvalue weighted by molar-refractivity contribution is 7.18. The molecule has 21 heavy (non-hydrogen) atoms. The molecule has 112 valence electrons. The van der Waals surface area contributed by atoms with E-state index in [1.54, 1.807) is 0 Å². The van der Waals surface area contributed by atoms with E-state index >= 15 is 0 Å². The molecule has 0 unspecified atom stereocenters. The summed E-state index contributed by atoms with van der Waals surface area (Å²) in [6.45, 7) is 4.72. The van der Waals surface area contributed by atoms with Crippen LogP contribution in [0.15, 0.2) is 24.3 Å². The van der Waals surface area contributed by atoms with Crippen LogP contribution in [0.5, 0.6) is 0 Å². The van der Waals surface area contributed by atoms with Gasteiger partial charge in [0.25, 0.3) is 0 Å². The number of nitrogens with zero attached hydrogens (tertiary/aromatic N) is 2. The molecule has 1 aliphatic heterocycles. The number of likely N-dealkylation sites (tertiary alicyclic amines) is 1. The molecule has 1 saturated heterocycles. The molecule has 1 N–H and O–H groups in total. The van der Waals surface area contributed by atoms with E-state index in [1.165, 1.54) is 55.0 Å². The monoisotopic (exact) mass is 301 g/mol. The molecule has 0 radical (unpaired) electrons. The van der Waals surface area contributed by atoms with Crippen LogP contribution in [0.25, 0.3) is 10.2 Å². The number of piperidine rings is 1. The van der Waals surface area contributed by atoms with Gasteiger partial charge in [0.2, 0.25) is 0 Å². The zero-order valence-corrected chi connectivity index (χ0v) is 13.2. The summed E-state index contributed by atoms with van der Waals surface area (Å²) in [5.41, 5.74) is 1.15. The first-order valence-corrected chi connectivity index (χ1v) is 8.99. The van der Waals surface area contributed by atoms with Crippen LogP contribution in [-0.2, 0) is 6.54 Å². The van der Waals surface area contributed by atoms with Gasteiger partial charge in [0.1, 0.15) is 5.01 Å². The van der Waals surface area contributed by atoms with E-state index in [0.29, 0.717) is 0 Å². The van der Waals surface area contributed by atoms with Crippen LogP contribution in [0.2, 0.25) is 0 Å². The Morgan fingerprint density at radius 1 is 1.14 bits per heavy atom. The van der Waals surface area contributed by atoms with Crippen molar-refractivity contribution in [3.8, 4) is 0 Å². The number of para-hydroxylation sites is 1. The van der Waals surface area contributed by atoms with Gasteiger partial charge in [0.15, 0.2) is 0 Å². The second-order valence-electron chi connectivity index (χ2n) is 6.48. The summed E-state index contributed by atoms with van der Waals surface area (Å²) < 4.78 is 1.32. The van der Waals surface area contributed by atoms with Gasteiger partial charge in [-0.3, -0.25) is 4.90 Å². The van der Waals surface area contributed by atoms with Gasteiger partial charge in [-0.25, -0.2) is 4.98 Å². The average Bonchev–Trinajstić information content (AvgIpc) is 3.25. The van der Waals surface area contributed by atoms with Crippen LogP contribution < -0.4 is 5.32 Å². The van der Waals surface area contributed by atoms with Gasteiger partial charge in [-0.15, -0.1) is 11.3 Å². The molecular weight excluding hydrogens is 278 g/mol. The van der Waals surface area contributed by atoms with E-state index in [2.05, 4.69) is 34.5 Å². The van der Waals surface area contributed by atoms with Crippen LogP contribution in [0.1, 0.15) is 30.7 Å². The van der Waals surface area contributed by atoms with Gasteiger partial charge >= 0.3 is 0 Å². The van der Waals surface area contributed by atoms with Crippen molar-refractivity contribution in [1.29, 1.82) is 0 Å². The first-order chi connectivity index (χ1) is 10.4. The minimum atomic E-state index is 0.853.